The van der Waals surface area contributed by atoms with Crippen molar-refractivity contribution in [2.75, 3.05) is 39.3 Å². The molecule has 0 spiro atoms. The molecule has 0 aromatic rings. The fourth-order valence-electron chi connectivity index (χ4n) is 2.12. The summed E-state index contributed by atoms with van der Waals surface area (Å²) < 4.78 is 0. The minimum Gasteiger partial charge on any atom is -0.334 e. The van der Waals surface area contributed by atoms with Crippen LogP contribution in [0.2, 0.25) is 0 Å². The Labute approximate surface area is 110 Å². The third-order valence-electron chi connectivity index (χ3n) is 3.06. The van der Waals surface area contributed by atoms with Gasteiger partial charge >= 0.3 is 11.8 Å². The summed E-state index contributed by atoms with van der Waals surface area (Å²) in [6.45, 7) is 10.3. The molecule has 1 N–H and O–H groups in total. The summed E-state index contributed by atoms with van der Waals surface area (Å²) in [6.07, 6.45) is 0.912. The predicted molar refractivity (Wildman–Crippen MR) is 71.2 cm³/mol. The number of nitrogens with zero attached hydrogens (tertiary/aromatic N) is 2. The van der Waals surface area contributed by atoms with Gasteiger partial charge in [-0.25, -0.2) is 0 Å². The Morgan fingerprint density at radius 1 is 1.28 bits per heavy atom. The van der Waals surface area contributed by atoms with E-state index in [2.05, 4.69) is 19.2 Å². The fraction of sp³-hybridized carbons (Fsp3) is 0.846. The average molecular weight is 255 g/mol. The summed E-state index contributed by atoms with van der Waals surface area (Å²) in [6, 6.07) is 0. The smallest absolute Gasteiger partial charge is 0.312 e. The van der Waals surface area contributed by atoms with Gasteiger partial charge < -0.3 is 15.1 Å². The number of likely N-dealkylation sites (N-methyl/N-ethyl adjacent to an activating group) is 1. The number of nitrogens with one attached hydrogen (secondary N) is 1. The fourth-order valence-corrected chi connectivity index (χ4v) is 2.12. The summed E-state index contributed by atoms with van der Waals surface area (Å²) in [5.74, 6) is -0.318. The topological polar surface area (TPSA) is 52.7 Å². The predicted octanol–water partition coefficient (Wildman–Crippen LogP) is 0.313. The molecular formula is C13H25N3O2. The number of carbonyl (C=O) groups excluding carboxylic acids is 2. The van der Waals surface area contributed by atoms with E-state index in [1.165, 1.54) is 0 Å². The van der Waals surface area contributed by atoms with Crippen LogP contribution in [-0.4, -0.2) is 60.9 Å². The van der Waals surface area contributed by atoms with E-state index >= 15 is 0 Å². The lowest BCUT2D eigenvalue weighted by Gasteiger charge is -2.26. The maximum atomic E-state index is 12.1. The third-order valence-corrected chi connectivity index (χ3v) is 3.06. The van der Waals surface area contributed by atoms with Gasteiger partial charge in [-0.3, -0.25) is 9.59 Å². The Hall–Kier alpha value is -1.10. The second-order valence-corrected chi connectivity index (χ2v) is 5.13. The van der Waals surface area contributed by atoms with Gasteiger partial charge in [0.15, 0.2) is 0 Å². The monoisotopic (exact) mass is 255 g/mol. The van der Waals surface area contributed by atoms with Gasteiger partial charge in [0, 0.05) is 32.7 Å². The van der Waals surface area contributed by atoms with Crippen LogP contribution >= 0.6 is 0 Å². The Balaban J connectivity index is 2.59. The number of hydrogen-bond acceptors (Lipinski definition) is 3. The molecule has 0 atom stereocenters. The zero-order valence-corrected chi connectivity index (χ0v) is 11.7. The highest BCUT2D eigenvalue weighted by atomic mass is 16.2. The number of rotatable bonds is 3. The third kappa shape index (κ3) is 4.29. The molecule has 5 nitrogen and oxygen atoms in total. The van der Waals surface area contributed by atoms with Gasteiger partial charge in [0.2, 0.25) is 0 Å². The van der Waals surface area contributed by atoms with Crippen molar-refractivity contribution >= 4 is 11.8 Å². The average Bonchev–Trinajstić information content (AvgIpc) is 2.62. The lowest BCUT2D eigenvalue weighted by molar-refractivity contribution is -0.151. The molecule has 1 aliphatic rings. The van der Waals surface area contributed by atoms with Crippen LogP contribution in [0.1, 0.15) is 27.2 Å². The van der Waals surface area contributed by atoms with Gasteiger partial charge in [-0.2, -0.15) is 0 Å². The highest BCUT2D eigenvalue weighted by Crippen LogP contribution is 2.03. The van der Waals surface area contributed by atoms with Crippen molar-refractivity contribution in [3.05, 3.63) is 0 Å². The van der Waals surface area contributed by atoms with E-state index in [9.17, 15) is 9.59 Å². The molecule has 1 rings (SSSR count). The van der Waals surface area contributed by atoms with Crippen LogP contribution in [0.15, 0.2) is 0 Å². The number of hydrogen-bond donors (Lipinski definition) is 1. The molecule has 18 heavy (non-hydrogen) atoms. The van der Waals surface area contributed by atoms with E-state index in [1.807, 2.05) is 6.92 Å². The SMILES string of the molecule is CCN(CC(C)C)C(=O)C(=O)N1CCCNCC1. The van der Waals surface area contributed by atoms with Crippen molar-refractivity contribution < 1.29 is 9.59 Å². The normalized spacial score (nSPS) is 16.6. The van der Waals surface area contributed by atoms with Gasteiger partial charge in [0.05, 0.1) is 0 Å². The van der Waals surface area contributed by atoms with E-state index in [4.69, 9.17) is 0 Å². The Morgan fingerprint density at radius 3 is 2.61 bits per heavy atom. The Kier molecular flexibility index (Phi) is 6.12. The molecule has 2 amide bonds. The summed E-state index contributed by atoms with van der Waals surface area (Å²) in [5, 5.41) is 3.23. The van der Waals surface area contributed by atoms with Crippen LogP contribution in [0.4, 0.5) is 0 Å². The summed E-state index contributed by atoms with van der Waals surface area (Å²) in [7, 11) is 0. The molecule has 0 bridgehead atoms. The highest BCUT2D eigenvalue weighted by molar-refractivity contribution is 6.34. The van der Waals surface area contributed by atoms with Crippen LogP contribution in [0.3, 0.4) is 0 Å². The number of carbonyl (C=O) groups is 2. The van der Waals surface area contributed by atoms with Crippen molar-refractivity contribution in [2.24, 2.45) is 5.92 Å². The molecule has 104 valence electrons. The minimum absolute atomic E-state index is 0.346. The van der Waals surface area contributed by atoms with Crippen molar-refractivity contribution in [3.8, 4) is 0 Å². The van der Waals surface area contributed by atoms with Crippen molar-refractivity contribution in [2.45, 2.75) is 27.2 Å². The van der Waals surface area contributed by atoms with Crippen molar-refractivity contribution in [1.29, 1.82) is 0 Å². The molecular weight excluding hydrogens is 230 g/mol. The zero-order chi connectivity index (χ0) is 13.5. The maximum absolute atomic E-state index is 12.1. The molecule has 1 heterocycles. The number of amides is 2. The standard InChI is InChI=1S/C13H25N3O2/c1-4-15(10-11(2)3)12(17)13(18)16-8-5-6-14-7-9-16/h11,14H,4-10H2,1-3H3. The van der Waals surface area contributed by atoms with Crippen molar-refractivity contribution in [3.63, 3.8) is 0 Å². The molecule has 0 aromatic carbocycles. The largest absolute Gasteiger partial charge is 0.334 e. The second-order valence-electron chi connectivity index (χ2n) is 5.13. The molecule has 1 aliphatic heterocycles. The minimum atomic E-state index is -0.354. The molecule has 0 aliphatic carbocycles. The lowest BCUT2D eigenvalue weighted by atomic mass is 10.2. The van der Waals surface area contributed by atoms with Gasteiger partial charge in [-0.05, 0) is 25.8 Å². The van der Waals surface area contributed by atoms with E-state index < -0.39 is 0 Å². The lowest BCUT2D eigenvalue weighted by Crippen LogP contribution is -2.47. The second kappa shape index (κ2) is 7.36. The molecule has 5 heteroatoms. The molecule has 0 saturated carbocycles. The zero-order valence-electron chi connectivity index (χ0n) is 11.7. The molecule has 0 radical (unpaired) electrons. The molecule has 0 aromatic heterocycles. The first kappa shape index (κ1) is 15.0. The first-order valence-corrected chi connectivity index (χ1v) is 6.85. The first-order chi connectivity index (χ1) is 8.56. The van der Waals surface area contributed by atoms with Gasteiger partial charge in [0.25, 0.3) is 0 Å². The van der Waals surface area contributed by atoms with E-state index in [0.29, 0.717) is 32.1 Å². The quantitative estimate of drug-likeness (QED) is 0.739. The van der Waals surface area contributed by atoms with Crippen LogP contribution < -0.4 is 5.32 Å². The van der Waals surface area contributed by atoms with Gasteiger partial charge in [-0.1, -0.05) is 13.8 Å². The van der Waals surface area contributed by atoms with Crippen LogP contribution in [0.5, 0.6) is 0 Å². The van der Waals surface area contributed by atoms with E-state index in [0.717, 1.165) is 19.5 Å². The van der Waals surface area contributed by atoms with E-state index in [1.54, 1.807) is 9.80 Å². The van der Waals surface area contributed by atoms with Crippen LogP contribution in [-0.2, 0) is 9.59 Å². The van der Waals surface area contributed by atoms with Crippen molar-refractivity contribution in [1.82, 2.24) is 15.1 Å². The first-order valence-electron chi connectivity index (χ1n) is 6.85. The Morgan fingerprint density at radius 2 is 2.00 bits per heavy atom. The van der Waals surface area contributed by atoms with Gasteiger partial charge in [-0.15, -0.1) is 0 Å². The maximum Gasteiger partial charge on any atom is 0.312 e. The van der Waals surface area contributed by atoms with Crippen LogP contribution in [0.25, 0.3) is 0 Å². The summed E-state index contributed by atoms with van der Waals surface area (Å²) in [5.41, 5.74) is 0. The molecule has 1 saturated heterocycles. The highest BCUT2D eigenvalue weighted by Gasteiger charge is 2.26. The summed E-state index contributed by atoms with van der Waals surface area (Å²) >= 11 is 0. The molecule has 0 unspecified atom stereocenters. The van der Waals surface area contributed by atoms with Gasteiger partial charge in [0.1, 0.15) is 0 Å². The van der Waals surface area contributed by atoms with Crippen LogP contribution in [0, 0.1) is 5.92 Å². The molecule has 1 fully saturated rings. The Bertz CT molecular complexity index is 272. The summed E-state index contributed by atoms with van der Waals surface area (Å²) in [4.78, 5) is 27.6. The van der Waals surface area contributed by atoms with E-state index in [-0.39, 0.29) is 11.8 Å².